The molecule has 0 saturated heterocycles. The minimum absolute atomic E-state index is 0.0394. The molecular formula is C18H35N5O2. The molecule has 0 saturated carbocycles. The van der Waals surface area contributed by atoms with Crippen molar-refractivity contribution in [3.05, 3.63) is 17.8 Å². The smallest absolute Gasteiger partial charge is 0.213 e. The van der Waals surface area contributed by atoms with Crippen LogP contribution >= 0.6 is 0 Å². The van der Waals surface area contributed by atoms with E-state index in [4.69, 9.17) is 9.15 Å². The molecule has 25 heavy (non-hydrogen) atoms. The van der Waals surface area contributed by atoms with Crippen molar-refractivity contribution in [3.8, 4) is 0 Å². The topological polar surface area (TPSA) is 74.9 Å². The number of ether oxygens (including phenoxy) is 1. The monoisotopic (exact) mass is 353 g/mol. The third kappa shape index (κ3) is 8.36. The summed E-state index contributed by atoms with van der Waals surface area (Å²) in [7, 11) is 5.89. The molecule has 1 heterocycles. The molecule has 2 N–H and O–H groups in total. The van der Waals surface area contributed by atoms with Gasteiger partial charge in [-0.1, -0.05) is 20.8 Å². The van der Waals surface area contributed by atoms with Crippen LogP contribution in [0.15, 0.2) is 15.6 Å². The van der Waals surface area contributed by atoms with Gasteiger partial charge in [0.1, 0.15) is 5.76 Å². The van der Waals surface area contributed by atoms with Gasteiger partial charge in [0.05, 0.1) is 18.8 Å². The van der Waals surface area contributed by atoms with Gasteiger partial charge in [-0.05, 0) is 27.4 Å². The lowest BCUT2D eigenvalue weighted by Gasteiger charge is -2.21. The van der Waals surface area contributed by atoms with Crippen LogP contribution in [0.2, 0.25) is 0 Å². The highest BCUT2D eigenvalue weighted by Gasteiger charge is 2.19. The molecule has 0 aromatic carbocycles. The van der Waals surface area contributed by atoms with Crippen molar-refractivity contribution in [3.63, 3.8) is 0 Å². The van der Waals surface area contributed by atoms with Crippen molar-refractivity contribution in [2.75, 3.05) is 40.8 Å². The van der Waals surface area contributed by atoms with Gasteiger partial charge in [0.15, 0.2) is 5.96 Å². The summed E-state index contributed by atoms with van der Waals surface area (Å²) in [6, 6.07) is 0. The summed E-state index contributed by atoms with van der Waals surface area (Å²) in [4.78, 5) is 10.7. The highest BCUT2D eigenvalue weighted by molar-refractivity contribution is 5.79. The molecule has 0 aliphatic carbocycles. The molecular weight excluding hydrogens is 318 g/mol. The Morgan fingerprint density at radius 1 is 1.36 bits per heavy atom. The van der Waals surface area contributed by atoms with Crippen LogP contribution in [0.1, 0.15) is 45.8 Å². The van der Waals surface area contributed by atoms with Gasteiger partial charge in [-0.3, -0.25) is 4.99 Å². The lowest BCUT2D eigenvalue weighted by molar-refractivity contribution is 0.0548. The van der Waals surface area contributed by atoms with Crippen LogP contribution in [-0.4, -0.2) is 62.8 Å². The van der Waals surface area contributed by atoms with Gasteiger partial charge in [0, 0.05) is 32.2 Å². The molecule has 0 fully saturated rings. The van der Waals surface area contributed by atoms with E-state index in [2.05, 4.69) is 60.4 Å². The maximum atomic E-state index is 5.79. The Balaban J connectivity index is 2.46. The molecule has 144 valence electrons. The molecule has 1 aromatic rings. The number of hydrogen-bond donors (Lipinski definition) is 2. The number of rotatable bonds is 9. The van der Waals surface area contributed by atoms with Crippen molar-refractivity contribution in [1.82, 2.24) is 20.5 Å². The Hall–Kier alpha value is -1.60. The molecule has 0 radical (unpaired) electrons. The Morgan fingerprint density at radius 3 is 2.60 bits per heavy atom. The first-order valence-electron chi connectivity index (χ1n) is 8.92. The molecule has 0 bridgehead atoms. The van der Waals surface area contributed by atoms with Crippen molar-refractivity contribution < 1.29 is 9.15 Å². The van der Waals surface area contributed by atoms with E-state index in [-0.39, 0.29) is 11.5 Å². The predicted octanol–water partition coefficient (Wildman–Crippen LogP) is 1.99. The molecule has 1 unspecified atom stereocenters. The summed E-state index contributed by atoms with van der Waals surface area (Å²) < 4.78 is 11.6. The van der Waals surface area contributed by atoms with E-state index in [1.165, 1.54) is 0 Å². The van der Waals surface area contributed by atoms with Gasteiger partial charge in [-0.25, -0.2) is 4.98 Å². The highest BCUT2D eigenvalue weighted by atomic mass is 16.5. The summed E-state index contributed by atoms with van der Waals surface area (Å²) in [6.45, 7) is 11.2. The fraction of sp³-hybridized carbons (Fsp3) is 0.778. The lowest BCUT2D eigenvalue weighted by atomic mass is 9.94. The number of hydrogen-bond acceptors (Lipinski definition) is 5. The van der Waals surface area contributed by atoms with E-state index in [1.54, 1.807) is 13.2 Å². The van der Waals surface area contributed by atoms with E-state index in [0.717, 1.165) is 18.7 Å². The first-order valence-corrected chi connectivity index (χ1v) is 8.92. The van der Waals surface area contributed by atoms with Crippen LogP contribution in [0.25, 0.3) is 0 Å². The average Bonchev–Trinajstić information content (AvgIpc) is 3.01. The second-order valence-corrected chi connectivity index (χ2v) is 7.34. The van der Waals surface area contributed by atoms with Crippen LogP contribution in [0, 0.1) is 0 Å². The Labute approximate surface area is 152 Å². The normalized spacial score (nSPS) is 14.0. The predicted molar refractivity (Wildman–Crippen MR) is 102 cm³/mol. The zero-order chi connectivity index (χ0) is 18.9. The average molecular weight is 354 g/mol. The first-order chi connectivity index (χ1) is 11.8. The number of nitrogens with one attached hydrogen (secondary N) is 2. The van der Waals surface area contributed by atoms with Crippen LogP contribution in [0.3, 0.4) is 0 Å². The summed E-state index contributed by atoms with van der Waals surface area (Å²) in [5.41, 5.74) is -0.0394. The summed E-state index contributed by atoms with van der Waals surface area (Å²) in [6.07, 6.45) is 2.92. The van der Waals surface area contributed by atoms with Crippen molar-refractivity contribution in [1.29, 1.82) is 0 Å². The molecule has 7 nitrogen and oxygen atoms in total. The Morgan fingerprint density at radius 2 is 2.08 bits per heavy atom. The summed E-state index contributed by atoms with van der Waals surface area (Å²) >= 11 is 0. The molecule has 0 aliphatic rings. The van der Waals surface area contributed by atoms with Gasteiger partial charge in [-0.15, -0.1) is 0 Å². The van der Waals surface area contributed by atoms with E-state index >= 15 is 0 Å². The van der Waals surface area contributed by atoms with Gasteiger partial charge in [-0.2, -0.15) is 0 Å². The van der Waals surface area contributed by atoms with Crippen LogP contribution in [-0.2, 0) is 16.7 Å². The minimum Gasteiger partial charge on any atom is -0.443 e. The molecule has 0 amide bonds. The molecule has 1 rings (SSSR count). The molecule has 1 atom stereocenters. The van der Waals surface area contributed by atoms with Crippen molar-refractivity contribution in [2.45, 2.75) is 52.2 Å². The van der Waals surface area contributed by atoms with E-state index in [1.807, 2.05) is 6.92 Å². The SMILES string of the molecule is CCOC(CCN(C)C)CNC(=NC)NCc1ncc(C(C)(C)C)o1. The van der Waals surface area contributed by atoms with Crippen molar-refractivity contribution >= 4 is 5.96 Å². The number of aromatic nitrogens is 1. The lowest BCUT2D eigenvalue weighted by Crippen LogP contribution is -2.42. The van der Waals surface area contributed by atoms with Gasteiger partial charge < -0.3 is 24.7 Å². The van der Waals surface area contributed by atoms with E-state index < -0.39 is 0 Å². The molecule has 0 spiro atoms. The van der Waals surface area contributed by atoms with Crippen molar-refractivity contribution in [2.24, 2.45) is 4.99 Å². The Bertz CT molecular complexity index is 520. The maximum absolute atomic E-state index is 5.79. The van der Waals surface area contributed by atoms with E-state index in [9.17, 15) is 0 Å². The minimum atomic E-state index is -0.0394. The van der Waals surface area contributed by atoms with Crippen LogP contribution in [0.5, 0.6) is 0 Å². The standard InChI is InChI=1S/C18H35N5O2/c1-8-24-14(9-10-23(6)7)11-21-17(19-5)22-13-16-20-12-15(25-16)18(2,3)4/h12,14H,8-11,13H2,1-7H3,(H2,19,21,22). The molecule has 7 heteroatoms. The second kappa shape index (κ2) is 10.4. The number of oxazole rings is 1. The third-order valence-electron chi connectivity index (χ3n) is 3.72. The third-order valence-corrected chi connectivity index (χ3v) is 3.72. The highest BCUT2D eigenvalue weighted by Crippen LogP contribution is 2.22. The van der Waals surface area contributed by atoms with Crippen LogP contribution in [0.4, 0.5) is 0 Å². The number of nitrogens with zero attached hydrogens (tertiary/aromatic N) is 3. The zero-order valence-corrected chi connectivity index (χ0v) is 16.8. The number of guanidine groups is 1. The zero-order valence-electron chi connectivity index (χ0n) is 16.8. The fourth-order valence-corrected chi connectivity index (χ4v) is 2.21. The summed E-state index contributed by atoms with van der Waals surface area (Å²) in [5.74, 6) is 2.25. The first kappa shape index (κ1) is 21.4. The summed E-state index contributed by atoms with van der Waals surface area (Å²) in [5, 5.41) is 6.54. The van der Waals surface area contributed by atoms with Gasteiger partial charge in [0.2, 0.25) is 5.89 Å². The second-order valence-electron chi connectivity index (χ2n) is 7.34. The van der Waals surface area contributed by atoms with Gasteiger partial charge in [0.25, 0.3) is 0 Å². The van der Waals surface area contributed by atoms with Crippen LogP contribution < -0.4 is 10.6 Å². The Kier molecular flexibility index (Phi) is 8.92. The number of aliphatic imine (C=N–C) groups is 1. The largest absolute Gasteiger partial charge is 0.443 e. The molecule has 0 aliphatic heterocycles. The van der Waals surface area contributed by atoms with Gasteiger partial charge >= 0.3 is 0 Å². The quantitative estimate of drug-likeness (QED) is 0.522. The maximum Gasteiger partial charge on any atom is 0.213 e. The molecule has 1 aromatic heterocycles. The van der Waals surface area contributed by atoms with E-state index in [0.29, 0.717) is 31.5 Å². The fourth-order valence-electron chi connectivity index (χ4n) is 2.21.